The highest BCUT2D eigenvalue weighted by molar-refractivity contribution is 5.35. The van der Waals surface area contributed by atoms with Crippen LogP contribution in [0.5, 0.6) is 0 Å². The van der Waals surface area contributed by atoms with Crippen LogP contribution in [0.15, 0.2) is 12.3 Å². The smallest absolute Gasteiger partial charge is 0.226 e. The van der Waals surface area contributed by atoms with Gasteiger partial charge in [0.15, 0.2) is 0 Å². The molecule has 1 aliphatic rings. The van der Waals surface area contributed by atoms with Gasteiger partial charge in [0.25, 0.3) is 0 Å². The monoisotopic (exact) mass is 160 g/mol. The lowest BCUT2D eigenvalue weighted by molar-refractivity contribution is 0.600. The van der Waals surface area contributed by atoms with E-state index in [1.807, 2.05) is 6.07 Å². The maximum atomic E-state index is 8.58. The van der Waals surface area contributed by atoms with Crippen molar-refractivity contribution in [1.82, 2.24) is 9.97 Å². The van der Waals surface area contributed by atoms with Crippen molar-refractivity contribution in [2.45, 2.75) is 6.42 Å². The average Bonchev–Trinajstić information content (AvgIpc) is 2.02. The van der Waals surface area contributed by atoms with E-state index < -0.39 is 0 Å². The van der Waals surface area contributed by atoms with E-state index in [0.717, 1.165) is 13.1 Å². The van der Waals surface area contributed by atoms with Gasteiger partial charge < -0.3 is 4.90 Å². The molecule has 4 heteroatoms. The first-order valence-corrected chi connectivity index (χ1v) is 3.88. The van der Waals surface area contributed by atoms with Crippen LogP contribution in [0.3, 0.4) is 0 Å². The lowest BCUT2D eigenvalue weighted by Gasteiger charge is -2.30. The number of hydrogen-bond acceptors (Lipinski definition) is 4. The van der Waals surface area contributed by atoms with Gasteiger partial charge in [-0.2, -0.15) is 5.26 Å². The first kappa shape index (κ1) is 7.04. The van der Waals surface area contributed by atoms with Gasteiger partial charge in [-0.25, -0.2) is 9.97 Å². The van der Waals surface area contributed by atoms with E-state index in [-0.39, 0.29) is 0 Å². The first-order valence-electron chi connectivity index (χ1n) is 3.88. The molecule has 1 aromatic rings. The number of nitrogens with zero attached hydrogens (tertiary/aromatic N) is 4. The highest BCUT2D eigenvalue weighted by Crippen LogP contribution is 2.14. The van der Waals surface area contributed by atoms with Crippen LogP contribution in [0.1, 0.15) is 12.1 Å². The fourth-order valence-corrected chi connectivity index (χ4v) is 1.08. The zero-order chi connectivity index (χ0) is 8.39. The highest BCUT2D eigenvalue weighted by atomic mass is 15.3. The van der Waals surface area contributed by atoms with E-state index >= 15 is 0 Å². The van der Waals surface area contributed by atoms with Crippen LogP contribution in [-0.4, -0.2) is 23.1 Å². The van der Waals surface area contributed by atoms with Gasteiger partial charge in [0.2, 0.25) is 5.95 Å². The number of rotatable bonds is 1. The molecular formula is C8H8N4. The van der Waals surface area contributed by atoms with Gasteiger partial charge in [-0.05, 0) is 12.5 Å². The number of hydrogen-bond donors (Lipinski definition) is 0. The van der Waals surface area contributed by atoms with Crippen molar-refractivity contribution in [3.05, 3.63) is 18.0 Å². The molecule has 0 aromatic carbocycles. The molecule has 1 saturated heterocycles. The van der Waals surface area contributed by atoms with Crippen LogP contribution in [0.4, 0.5) is 5.95 Å². The molecule has 0 spiro atoms. The third-order valence-electron chi connectivity index (χ3n) is 1.90. The van der Waals surface area contributed by atoms with E-state index in [4.69, 9.17) is 5.26 Å². The van der Waals surface area contributed by atoms with Gasteiger partial charge in [0, 0.05) is 19.3 Å². The molecule has 0 N–H and O–H groups in total. The Labute approximate surface area is 70.5 Å². The van der Waals surface area contributed by atoms with Gasteiger partial charge in [0.1, 0.15) is 11.8 Å². The van der Waals surface area contributed by atoms with Crippen molar-refractivity contribution in [3.8, 4) is 6.07 Å². The number of nitriles is 1. The molecule has 2 heterocycles. The van der Waals surface area contributed by atoms with Crippen LogP contribution in [-0.2, 0) is 0 Å². The summed E-state index contributed by atoms with van der Waals surface area (Å²) in [7, 11) is 0. The molecule has 0 saturated carbocycles. The number of aromatic nitrogens is 2. The minimum absolute atomic E-state index is 0.437. The summed E-state index contributed by atoms with van der Waals surface area (Å²) in [5.41, 5.74) is 0.437. The van der Waals surface area contributed by atoms with Crippen molar-refractivity contribution in [1.29, 1.82) is 5.26 Å². The van der Waals surface area contributed by atoms with Crippen LogP contribution >= 0.6 is 0 Å². The Morgan fingerprint density at radius 1 is 1.50 bits per heavy atom. The van der Waals surface area contributed by atoms with Gasteiger partial charge in [-0.1, -0.05) is 0 Å². The molecule has 0 atom stereocenters. The van der Waals surface area contributed by atoms with Gasteiger partial charge >= 0.3 is 0 Å². The normalized spacial score (nSPS) is 15.1. The topological polar surface area (TPSA) is 52.8 Å². The molecule has 2 rings (SSSR count). The minimum Gasteiger partial charge on any atom is -0.341 e. The molecule has 0 aliphatic carbocycles. The summed E-state index contributed by atoms with van der Waals surface area (Å²) >= 11 is 0. The molecule has 0 radical (unpaired) electrons. The lowest BCUT2D eigenvalue weighted by atomic mass is 10.2. The van der Waals surface area contributed by atoms with Gasteiger partial charge in [0.05, 0.1) is 0 Å². The molecule has 4 nitrogen and oxygen atoms in total. The Morgan fingerprint density at radius 2 is 2.33 bits per heavy atom. The maximum Gasteiger partial charge on any atom is 0.226 e. The second-order valence-corrected chi connectivity index (χ2v) is 2.69. The molecule has 0 amide bonds. The molecule has 12 heavy (non-hydrogen) atoms. The Hall–Kier alpha value is -1.63. The van der Waals surface area contributed by atoms with Gasteiger partial charge in [-0.15, -0.1) is 0 Å². The summed E-state index contributed by atoms with van der Waals surface area (Å²) < 4.78 is 0. The lowest BCUT2D eigenvalue weighted by Crippen LogP contribution is -2.38. The Morgan fingerprint density at radius 3 is 2.92 bits per heavy atom. The van der Waals surface area contributed by atoms with Crippen molar-refractivity contribution in [3.63, 3.8) is 0 Å². The fraction of sp³-hybridized carbons (Fsp3) is 0.375. The first-order chi connectivity index (χ1) is 5.90. The van der Waals surface area contributed by atoms with E-state index in [1.165, 1.54) is 6.42 Å². The zero-order valence-electron chi connectivity index (χ0n) is 6.56. The van der Waals surface area contributed by atoms with Crippen molar-refractivity contribution in [2.24, 2.45) is 0 Å². The zero-order valence-corrected chi connectivity index (χ0v) is 6.56. The summed E-state index contributed by atoms with van der Waals surface area (Å²) in [5.74, 6) is 0.681. The second kappa shape index (κ2) is 2.78. The van der Waals surface area contributed by atoms with E-state index in [2.05, 4.69) is 14.9 Å². The summed E-state index contributed by atoms with van der Waals surface area (Å²) in [6, 6.07) is 3.61. The van der Waals surface area contributed by atoms with E-state index in [1.54, 1.807) is 12.3 Å². The second-order valence-electron chi connectivity index (χ2n) is 2.69. The van der Waals surface area contributed by atoms with Crippen molar-refractivity contribution >= 4 is 5.95 Å². The fourth-order valence-electron chi connectivity index (χ4n) is 1.08. The Kier molecular flexibility index (Phi) is 1.63. The molecule has 60 valence electrons. The standard InChI is InChI=1S/C8H8N4/c9-6-7-2-3-10-8(11-7)12-4-1-5-12/h2-3H,1,4-5H2. The Balaban J connectivity index is 2.27. The van der Waals surface area contributed by atoms with Crippen molar-refractivity contribution < 1.29 is 0 Å². The summed E-state index contributed by atoms with van der Waals surface area (Å²) in [4.78, 5) is 10.2. The minimum atomic E-state index is 0.437. The molecule has 0 unspecified atom stereocenters. The molecular weight excluding hydrogens is 152 g/mol. The average molecular weight is 160 g/mol. The number of anilines is 1. The van der Waals surface area contributed by atoms with Crippen molar-refractivity contribution in [2.75, 3.05) is 18.0 Å². The predicted molar refractivity (Wildman–Crippen MR) is 43.6 cm³/mol. The molecule has 0 bridgehead atoms. The molecule has 1 aromatic heterocycles. The van der Waals surface area contributed by atoms with Crippen LogP contribution in [0.2, 0.25) is 0 Å². The highest BCUT2D eigenvalue weighted by Gasteiger charge is 2.16. The van der Waals surface area contributed by atoms with Gasteiger partial charge in [-0.3, -0.25) is 0 Å². The molecule has 1 fully saturated rings. The summed E-state index contributed by atoms with van der Waals surface area (Å²) in [5, 5.41) is 8.58. The maximum absolute atomic E-state index is 8.58. The SMILES string of the molecule is N#Cc1ccnc(N2CCC2)n1. The molecule has 1 aliphatic heterocycles. The van der Waals surface area contributed by atoms with Crippen LogP contribution < -0.4 is 4.90 Å². The van der Waals surface area contributed by atoms with Crippen LogP contribution in [0.25, 0.3) is 0 Å². The van der Waals surface area contributed by atoms with E-state index in [0.29, 0.717) is 11.6 Å². The third kappa shape index (κ3) is 1.10. The third-order valence-corrected chi connectivity index (χ3v) is 1.90. The predicted octanol–water partition coefficient (Wildman–Crippen LogP) is 0.558. The summed E-state index contributed by atoms with van der Waals surface area (Å²) in [6.07, 6.45) is 2.82. The largest absolute Gasteiger partial charge is 0.341 e. The summed E-state index contributed by atoms with van der Waals surface area (Å²) in [6.45, 7) is 2.02. The van der Waals surface area contributed by atoms with Crippen LogP contribution in [0, 0.1) is 11.3 Å². The Bertz CT molecular complexity index is 324. The van der Waals surface area contributed by atoms with E-state index in [9.17, 15) is 0 Å². The quantitative estimate of drug-likeness (QED) is 0.602.